The molecule has 0 heterocycles. The molecule has 0 bridgehead atoms. The normalized spacial score (nSPS) is 14.1. The van der Waals surface area contributed by atoms with Crippen molar-refractivity contribution in [2.45, 2.75) is 33.3 Å². The van der Waals surface area contributed by atoms with Gasteiger partial charge in [-0.1, -0.05) is 54.9 Å². The fraction of sp³-hybridized carbons (Fsp3) is 0.500. The summed E-state index contributed by atoms with van der Waals surface area (Å²) >= 11 is 3.48. The molecule has 0 aliphatic carbocycles. The average molecular weight is 257 g/mol. The Labute approximate surface area is 94.3 Å². The summed E-state index contributed by atoms with van der Waals surface area (Å²) in [7, 11) is 0. The van der Waals surface area contributed by atoms with Crippen LogP contribution in [0.1, 0.15) is 26.3 Å². The lowest BCUT2D eigenvalue weighted by Crippen LogP contribution is -2.28. The third-order valence-electron chi connectivity index (χ3n) is 2.37. The fourth-order valence-corrected chi connectivity index (χ4v) is 1.63. The van der Waals surface area contributed by atoms with E-state index in [9.17, 15) is 5.11 Å². The Morgan fingerprint density at radius 2 is 1.86 bits per heavy atom. The first kappa shape index (κ1) is 11.7. The highest BCUT2D eigenvalue weighted by atomic mass is 79.9. The standard InChI is InChI=1S/C12H17BrO/c1-12(2,3)11(14)8-9-6-4-5-7-10(9)13/h4-7,11,14H,8H2,1-3H3. The molecule has 0 fully saturated rings. The number of aliphatic hydroxyl groups excluding tert-OH is 1. The molecule has 0 saturated heterocycles. The molecule has 0 amide bonds. The molecule has 0 aromatic heterocycles. The predicted molar refractivity (Wildman–Crippen MR) is 63.3 cm³/mol. The van der Waals surface area contributed by atoms with Crippen molar-refractivity contribution < 1.29 is 5.11 Å². The van der Waals surface area contributed by atoms with Gasteiger partial charge in [0.1, 0.15) is 0 Å². The summed E-state index contributed by atoms with van der Waals surface area (Å²) < 4.78 is 1.07. The molecule has 2 heteroatoms. The molecule has 1 N–H and O–H groups in total. The number of halogens is 1. The average Bonchev–Trinajstić information content (AvgIpc) is 2.07. The van der Waals surface area contributed by atoms with Crippen molar-refractivity contribution in [2.75, 3.05) is 0 Å². The van der Waals surface area contributed by atoms with E-state index in [0.29, 0.717) is 6.42 Å². The molecule has 1 atom stereocenters. The summed E-state index contributed by atoms with van der Waals surface area (Å²) in [5.74, 6) is 0. The van der Waals surface area contributed by atoms with Crippen LogP contribution < -0.4 is 0 Å². The van der Waals surface area contributed by atoms with E-state index in [1.165, 1.54) is 0 Å². The largest absolute Gasteiger partial charge is 0.392 e. The quantitative estimate of drug-likeness (QED) is 0.860. The van der Waals surface area contributed by atoms with Gasteiger partial charge in [-0.15, -0.1) is 0 Å². The van der Waals surface area contributed by atoms with Gasteiger partial charge in [0.2, 0.25) is 0 Å². The smallest absolute Gasteiger partial charge is 0.0629 e. The molecule has 1 unspecified atom stereocenters. The third kappa shape index (κ3) is 3.10. The van der Waals surface area contributed by atoms with Crippen LogP contribution in [-0.4, -0.2) is 11.2 Å². The molecule has 0 saturated carbocycles. The number of rotatable bonds is 2. The number of hydrogen-bond donors (Lipinski definition) is 1. The second-order valence-electron chi connectivity index (χ2n) is 4.68. The van der Waals surface area contributed by atoms with Gasteiger partial charge in [-0.25, -0.2) is 0 Å². The van der Waals surface area contributed by atoms with E-state index in [2.05, 4.69) is 36.7 Å². The van der Waals surface area contributed by atoms with Crippen LogP contribution in [0.3, 0.4) is 0 Å². The minimum absolute atomic E-state index is 0.0602. The predicted octanol–water partition coefficient (Wildman–Crippen LogP) is 3.40. The molecule has 0 radical (unpaired) electrons. The molecule has 0 spiro atoms. The van der Waals surface area contributed by atoms with E-state index < -0.39 is 0 Å². The molecule has 1 aromatic rings. The lowest BCUT2D eigenvalue weighted by molar-refractivity contribution is 0.0635. The molecule has 1 aromatic carbocycles. The molecule has 0 aliphatic heterocycles. The van der Waals surface area contributed by atoms with E-state index in [1.54, 1.807) is 0 Å². The Morgan fingerprint density at radius 3 is 2.36 bits per heavy atom. The van der Waals surface area contributed by atoms with Gasteiger partial charge >= 0.3 is 0 Å². The van der Waals surface area contributed by atoms with Crippen molar-refractivity contribution >= 4 is 15.9 Å². The van der Waals surface area contributed by atoms with Crippen LogP contribution in [0, 0.1) is 5.41 Å². The summed E-state index contributed by atoms with van der Waals surface area (Å²) in [6, 6.07) is 8.02. The van der Waals surface area contributed by atoms with Crippen LogP contribution in [0.15, 0.2) is 28.7 Å². The van der Waals surface area contributed by atoms with E-state index >= 15 is 0 Å². The van der Waals surface area contributed by atoms with Gasteiger partial charge < -0.3 is 5.11 Å². The monoisotopic (exact) mass is 256 g/mol. The molecule has 78 valence electrons. The van der Waals surface area contributed by atoms with Crippen LogP contribution in [0.2, 0.25) is 0 Å². The molecule has 1 rings (SSSR count). The maximum absolute atomic E-state index is 9.94. The fourth-order valence-electron chi connectivity index (χ4n) is 1.18. The molecular formula is C12H17BrO. The highest BCUT2D eigenvalue weighted by Gasteiger charge is 2.22. The van der Waals surface area contributed by atoms with Crippen LogP contribution in [0.25, 0.3) is 0 Å². The minimum atomic E-state index is -0.304. The van der Waals surface area contributed by atoms with Crippen LogP contribution in [0.5, 0.6) is 0 Å². The number of hydrogen-bond acceptors (Lipinski definition) is 1. The van der Waals surface area contributed by atoms with Gasteiger partial charge in [-0.3, -0.25) is 0 Å². The summed E-state index contributed by atoms with van der Waals surface area (Å²) in [5.41, 5.74) is 1.10. The van der Waals surface area contributed by atoms with Gasteiger partial charge in [0.25, 0.3) is 0 Å². The zero-order valence-corrected chi connectivity index (χ0v) is 10.5. The van der Waals surface area contributed by atoms with Crippen LogP contribution >= 0.6 is 15.9 Å². The first-order chi connectivity index (χ1) is 6.41. The van der Waals surface area contributed by atoms with Gasteiger partial charge in [-0.2, -0.15) is 0 Å². The highest BCUT2D eigenvalue weighted by molar-refractivity contribution is 9.10. The second-order valence-corrected chi connectivity index (χ2v) is 5.53. The highest BCUT2D eigenvalue weighted by Crippen LogP contribution is 2.25. The van der Waals surface area contributed by atoms with E-state index in [4.69, 9.17) is 0 Å². The molecular weight excluding hydrogens is 240 g/mol. The lowest BCUT2D eigenvalue weighted by Gasteiger charge is -2.26. The second kappa shape index (κ2) is 4.45. The summed E-state index contributed by atoms with van der Waals surface area (Å²) in [6.45, 7) is 6.15. The first-order valence-electron chi connectivity index (χ1n) is 4.83. The van der Waals surface area contributed by atoms with Crippen molar-refractivity contribution in [1.82, 2.24) is 0 Å². The summed E-state index contributed by atoms with van der Waals surface area (Å²) in [6.07, 6.45) is 0.395. The van der Waals surface area contributed by atoms with Crippen molar-refractivity contribution in [3.05, 3.63) is 34.3 Å². The summed E-state index contributed by atoms with van der Waals surface area (Å²) in [5, 5.41) is 9.94. The Bertz CT molecular complexity index is 301. The Kier molecular flexibility index (Phi) is 3.73. The van der Waals surface area contributed by atoms with Gasteiger partial charge in [0.15, 0.2) is 0 Å². The molecule has 0 aliphatic rings. The number of benzene rings is 1. The zero-order valence-electron chi connectivity index (χ0n) is 8.92. The zero-order chi connectivity index (χ0) is 10.8. The Morgan fingerprint density at radius 1 is 1.29 bits per heavy atom. The van der Waals surface area contributed by atoms with Crippen molar-refractivity contribution in [3.8, 4) is 0 Å². The molecule has 1 nitrogen and oxygen atoms in total. The van der Waals surface area contributed by atoms with Crippen molar-refractivity contribution in [3.63, 3.8) is 0 Å². The van der Waals surface area contributed by atoms with Gasteiger partial charge in [-0.05, 0) is 23.5 Å². The Balaban J connectivity index is 2.75. The third-order valence-corrected chi connectivity index (χ3v) is 3.14. The lowest BCUT2D eigenvalue weighted by atomic mass is 9.85. The van der Waals surface area contributed by atoms with Gasteiger partial charge in [0, 0.05) is 4.47 Å². The molecule has 14 heavy (non-hydrogen) atoms. The maximum Gasteiger partial charge on any atom is 0.0629 e. The summed E-state index contributed by atoms with van der Waals surface area (Å²) in [4.78, 5) is 0. The van der Waals surface area contributed by atoms with E-state index in [0.717, 1.165) is 10.0 Å². The maximum atomic E-state index is 9.94. The first-order valence-corrected chi connectivity index (χ1v) is 5.62. The van der Waals surface area contributed by atoms with Crippen LogP contribution in [-0.2, 0) is 6.42 Å². The van der Waals surface area contributed by atoms with Gasteiger partial charge in [0.05, 0.1) is 6.10 Å². The van der Waals surface area contributed by atoms with Crippen molar-refractivity contribution in [1.29, 1.82) is 0 Å². The van der Waals surface area contributed by atoms with E-state index in [1.807, 2.05) is 24.3 Å². The topological polar surface area (TPSA) is 20.2 Å². The van der Waals surface area contributed by atoms with Crippen molar-refractivity contribution in [2.24, 2.45) is 5.41 Å². The minimum Gasteiger partial charge on any atom is -0.392 e. The van der Waals surface area contributed by atoms with E-state index in [-0.39, 0.29) is 11.5 Å². The SMILES string of the molecule is CC(C)(C)C(O)Cc1ccccc1Br. The number of aliphatic hydroxyl groups is 1. The Hall–Kier alpha value is -0.340. The van der Waals surface area contributed by atoms with Crippen LogP contribution in [0.4, 0.5) is 0 Å².